The molecule has 1 aliphatic heterocycles. The van der Waals surface area contributed by atoms with Gasteiger partial charge in [-0.25, -0.2) is 4.98 Å². The summed E-state index contributed by atoms with van der Waals surface area (Å²) in [7, 11) is 0. The molecule has 0 aromatic carbocycles. The second-order valence-corrected chi connectivity index (χ2v) is 3.30. The molecule has 0 radical (unpaired) electrons. The fourth-order valence-corrected chi connectivity index (χ4v) is 1.52. The van der Waals surface area contributed by atoms with E-state index < -0.39 is 17.9 Å². The van der Waals surface area contributed by atoms with Crippen molar-refractivity contribution in [3.63, 3.8) is 0 Å². The third-order valence-electron chi connectivity index (χ3n) is 2.27. The Morgan fingerprint density at radius 3 is 2.73 bits per heavy atom. The molecule has 4 nitrogen and oxygen atoms in total. The van der Waals surface area contributed by atoms with Crippen LogP contribution >= 0.6 is 0 Å². The molecule has 1 aliphatic rings. The van der Waals surface area contributed by atoms with E-state index >= 15 is 0 Å². The zero-order chi connectivity index (χ0) is 11.1. The molecule has 0 bridgehead atoms. The van der Waals surface area contributed by atoms with Crippen LogP contribution in [0, 0.1) is 0 Å². The van der Waals surface area contributed by atoms with E-state index in [0.717, 1.165) is 12.5 Å². The van der Waals surface area contributed by atoms with Crippen LogP contribution in [0.3, 0.4) is 0 Å². The predicted octanol–water partition coefficient (Wildman–Crippen LogP) is 0.963. The topological polar surface area (TPSA) is 46.9 Å². The van der Waals surface area contributed by atoms with Crippen LogP contribution in [0.4, 0.5) is 13.2 Å². The van der Waals surface area contributed by atoms with Crippen molar-refractivity contribution in [3.05, 3.63) is 18.2 Å². The van der Waals surface area contributed by atoms with Gasteiger partial charge in [0.25, 0.3) is 0 Å². The molecular weight excluding hydrogens is 211 g/mol. The maximum absolute atomic E-state index is 12.2. The van der Waals surface area contributed by atoms with Crippen LogP contribution in [-0.4, -0.2) is 22.0 Å². The van der Waals surface area contributed by atoms with Gasteiger partial charge >= 0.3 is 6.18 Å². The maximum atomic E-state index is 12.2. The fourth-order valence-electron chi connectivity index (χ4n) is 1.52. The van der Waals surface area contributed by atoms with Crippen molar-refractivity contribution in [1.29, 1.82) is 0 Å². The first-order chi connectivity index (χ1) is 6.98. The van der Waals surface area contributed by atoms with Crippen LogP contribution in [0.5, 0.6) is 0 Å². The zero-order valence-electron chi connectivity index (χ0n) is 7.58. The Balaban J connectivity index is 2.24. The number of nitrogens with zero attached hydrogens (tertiary/aromatic N) is 2. The van der Waals surface area contributed by atoms with Gasteiger partial charge in [0.2, 0.25) is 5.91 Å². The summed E-state index contributed by atoms with van der Waals surface area (Å²) >= 11 is 0. The SMILES string of the molecule is O=C1NCCC1n1cnc(C(F)(F)F)c1. The summed E-state index contributed by atoms with van der Waals surface area (Å²) in [5.74, 6) is -0.263. The highest BCUT2D eigenvalue weighted by Gasteiger charge is 2.35. The smallest absolute Gasteiger partial charge is 0.354 e. The highest BCUT2D eigenvalue weighted by molar-refractivity contribution is 5.82. The lowest BCUT2D eigenvalue weighted by molar-refractivity contribution is -0.141. The van der Waals surface area contributed by atoms with Gasteiger partial charge in [-0.2, -0.15) is 13.2 Å². The van der Waals surface area contributed by atoms with E-state index in [1.807, 2.05) is 0 Å². The third kappa shape index (κ3) is 1.81. The number of halogens is 3. The lowest BCUT2D eigenvalue weighted by Gasteiger charge is -2.07. The van der Waals surface area contributed by atoms with E-state index in [4.69, 9.17) is 0 Å². The van der Waals surface area contributed by atoms with Gasteiger partial charge in [-0.1, -0.05) is 0 Å². The molecule has 0 saturated carbocycles. The number of carbonyl (C=O) groups excluding carboxylic acids is 1. The van der Waals surface area contributed by atoms with E-state index in [2.05, 4.69) is 10.3 Å². The van der Waals surface area contributed by atoms with Crippen molar-refractivity contribution in [3.8, 4) is 0 Å². The monoisotopic (exact) mass is 219 g/mol. The van der Waals surface area contributed by atoms with Gasteiger partial charge in [0.1, 0.15) is 6.04 Å². The Morgan fingerprint density at radius 1 is 1.53 bits per heavy atom. The van der Waals surface area contributed by atoms with Crippen LogP contribution < -0.4 is 5.32 Å². The first kappa shape index (κ1) is 10.0. The molecule has 1 aromatic rings. The van der Waals surface area contributed by atoms with Gasteiger partial charge in [0, 0.05) is 12.7 Å². The molecule has 1 N–H and O–H groups in total. The van der Waals surface area contributed by atoms with Gasteiger partial charge in [-0.05, 0) is 6.42 Å². The molecule has 82 valence electrons. The quantitative estimate of drug-likeness (QED) is 0.764. The van der Waals surface area contributed by atoms with Crippen LogP contribution in [0.2, 0.25) is 0 Å². The largest absolute Gasteiger partial charge is 0.434 e. The van der Waals surface area contributed by atoms with E-state index in [-0.39, 0.29) is 5.91 Å². The molecule has 2 heterocycles. The Morgan fingerprint density at radius 2 is 2.27 bits per heavy atom. The van der Waals surface area contributed by atoms with E-state index in [0.29, 0.717) is 13.0 Å². The molecule has 1 unspecified atom stereocenters. The Bertz CT molecular complexity index is 385. The van der Waals surface area contributed by atoms with Crippen LogP contribution in [0.15, 0.2) is 12.5 Å². The molecule has 1 amide bonds. The number of carbonyl (C=O) groups is 1. The molecule has 1 aromatic heterocycles. The zero-order valence-corrected chi connectivity index (χ0v) is 7.58. The summed E-state index contributed by atoms with van der Waals surface area (Å²) in [6.45, 7) is 0.489. The number of hydrogen-bond donors (Lipinski definition) is 1. The fraction of sp³-hybridized carbons (Fsp3) is 0.500. The van der Waals surface area contributed by atoms with Crippen molar-refractivity contribution in [2.75, 3.05) is 6.54 Å². The van der Waals surface area contributed by atoms with Gasteiger partial charge in [0.05, 0.1) is 6.33 Å². The summed E-state index contributed by atoms with van der Waals surface area (Å²) in [4.78, 5) is 14.4. The van der Waals surface area contributed by atoms with Crippen molar-refractivity contribution in [2.45, 2.75) is 18.6 Å². The normalized spacial score (nSPS) is 21.8. The molecule has 15 heavy (non-hydrogen) atoms. The number of imidazole rings is 1. The first-order valence-electron chi connectivity index (χ1n) is 4.37. The average Bonchev–Trinajstić information content (AvgIpc) is 2.69. The Kier molecular flexibility index (Phi) is 2.17. The lowest BCUT2D eigenvalue weighted by Crippen LogP contribution is -2.21. The molecule has 1 fully saturated rings. The molecule has 0 spiro atoms. The van der Waals surface area contributed by atoms with Crippen molar-refractivity contribution in [2.24, 2.45) is 0 Å². The Labute approximate surface area is 83.1 Å². The molecular formula is C8H8F3N3O. The molecule has 1 atom stereocenters. The number of amides is 1. The number of alkyl halides is 3. The molecule has 1 saturated heterocycles. The highest BCUT2D eigenvalue weighted by Crippen LogP contribution is 2.28. The summed E-state index contributed by atoms with van der Waals surface area (Å²) in [5.41, 5.74) is -0.970. The number of nitrogens with one attached hydrogen (secondary N) is 1. The van der Waals surface area contributed by atoms with E-state index in [9.17, 15) is 18.0 Å². The van der Waals surface area contributed by atoms with Crippen molar-refractivity contribution < 1.29 is 18.0 Å². The predicted molar refractivity (Wildman–Crippen MR) is 43.9 cm³/mol. The molecule has 0 aliphatic carbocycles. The third-order valence-corrected chi connectivity index (χ3v) is 2.27. The highest BCUT2D eigenvalue weighted by atomic mass is 19.4. The summed E-state index contributed by atoms with van der Waals surface area (Å²) in [6, 6.07) is -0.561. The molecule has 7 heteroatoms. The van der Waals surface area contributed by atoms with Gasteiger partial charge in [0.15, 0.2) is 5.69 Å². The average molecular weight is 219 g/mol. The molecule has 2 rings (SSSR count). The van der Waals surface area contributed by atoms with Crippen LogP contribution in [-0.2, 0) is 11.0 Å². The minimum Gasteiger partial charge on any atom is -0.354 e. The minimum absolute atomic E-state index is 0.263. The van der Waals surface area contributed by atoms with Crippen LogP contribution in [0.25, 0.3) is 0 Å². The first-order valence-corrected chi connectivity index (χ1v) is 4.37. The summed E-state index contributed by atoms with van der Waals surface area (Å²) in [6.07, 6.45) is -2.07. The Hall–Kier alpha value is -1.53. The minimum atomic E-state index is -4.46. The van der Waals surface area contributed by atoms with Gasteiger partial charge in [-0.3, -0.25) is 4.79 Å². The second kappa shape index (κ2) is 3.25. The second-order valence-electron chi connectivity index (χ2n) is 3.30. The van der Waals surface area contributed by atoms with E-state index in [1.165, 1.54) is 4.57 Å². The van der Waals surface area contributed by atoms with Crippen LogP contribution in [0.1, 0.15) is 18.2 Å². The van der Waals surface area contributed by atoms with Crippen molar-refractivity contribution in [1.82, 2.24) is 14.9 Å². The summed E-state index contributed by atoms with van der Waals surface area (Å²) < 4.78 is 37.8. The van der Waals surface area contributed by atoms with E-state index in [1.54, 1.807) is 0 Å². The number of aromatic nitrogens is 2. The number of hydrogen-bond acceptors (Lipinski definition) is 2. The van der Waals surface area contributed by atoms with Gasteiger partial charge < -0.3 is 9.88 Å². The maximum Gasteiger partial charge on any atom is 0.434 e. The van der Waals surface area contributed by atoms with Crippen molar-refractivity contribution >= 4 is 5.91 Å². The number of rotatable bonds is 1. The standard InChI is InChI=1S/C8H8F3N3O/c9-8(10,11)6-3-14(4-13-6)5-1-2-12-7(5)15/h3-5H,1-2H2,(H,12,15). The summed E-state index contributed by atoms with van der Waals surface area (Å²) in [5, 5.41) is 2.55. The lowest BCUT2D eigenvalue weighted by atomic mass is 10.2. The van der Waals surface area contributed by atoms with Gasteiger partial charge in [-0.15, -0.1) is 0 Å².